The molecule has 1 heterocycles. The molecule has 0 aliphatic heterocycles. The Labute approximate surface area is 155 Å². The molecule has 0 atom stereocenters. The SMILES string of the molecule is [C-]#[N+]c1c(F)cc(Cn2cc(CO[Si](C)(C)C(C)(C)C)cn2)cc1OC. The van der Waals surface area contributed by atoms with Crippen molar-refractivity contribution in [2.75, 3.05) is 7.11 Å². The van der Waals surface area contributed by atoms with E-state index in [1.165, 1.54) is 13.2 Å². The van der Waals surface area contributed by atoms with Crippen molar-refractivity contribution < 1.29 is 13.6 Å². The Hall–Kier alpha value is -2.17. The van der Waals surface area contributed by atoms with Crippen molar-refractivity contribution in [3.63, 3.8) is 0 Å². The van der Waals surface area contributed by atoms with Crippen LogP contribution in [0.5, 0.6) is 5.75 Å². The van der Waals surface area contributed by atoms with E-state index in [1.807, 2.05) is 6.20 Å². The minimum absolute atomic E-state index is 0.0971. The van der Waals surface area contributed by atoms with E-state index in [0.717, 1.165) is 5.56 Å². The maximum atomic E-state index is 14.0. The van der Waals surface area contributed by atoms with Crippen LogP contribution in [0.1, 0.15) is 31.9 Å². The van der Waals surface area contributed by atoms with Gasteiger partial charge in [-0.3, -0.25) is 4.68 Å². The molecule has 0 unspecified atom stereocenters. The molecule has 0 fully saturated rings. The van der Waals surface area contributed by atoms with Crippen molar-refractivity contribution in [1.29, 1.82) is 0 Å². The Morgan fingerprint density at radius 3 is 2.54 bits per heavy atom. The standard InChI is InChI=1S/C19H26FN3O2Si/c1-19(2,3)26(6,7)25-13-15-10-22-23(12-15)11-14-8-16(20)18(21-4)17(9-14)24-5/h8-10,12H,11,13H2,1-3,5-7H3. The molecule has 0 saturated heterocycles. The second-order valence-electron chi connectivity index (χ2n) is 7.84. The summed E-state index contributed by atoms with van der Waals surface area (Å²) in [7, 11) is -0.386. The summed E-state index contributed by atoms with van der Waals surface area (Å²) in [6.45, 7) is 19.0. The fourth-order valence-electron chi connectivity index (χ4n) is 2.22. The van der Waals surface area contributed by atoms with Crippen molar-refractivity contribution in [3.05, 3.63) is 52.9 Å². The number of aromatic nitrogens is 2. The molecule has 2 aromatic rings. The third-order valence-electron chi connectivity index (χ3n) is 4.86. The van der Waals surface area contributed by atoms with Gasteiger partial charge in [0.15, 0.2) is 8.32 Å². The molecule has 0 aliphatic rings. The molecular formula is C19H26FN3O2Si. The molecule has 0 bridgehead atoms. The van der Waals surface area contributed by atoms with E-state index in [1.54, 1.807) is 16.9 Å². The molecule has 7 heteroatoms. The topological polar surface area (TPSA) is 40.6 Å². The summed E-state index contributed by atoms with van der Waals surface area (Å²) in [5, 5.41) is 4.48. The van der Waals surface area contributed by atoms with Gasteiger partial charge < -0.3 is 9.16 Å². The number of methoxy groups -OCH3 is 1. The molecule has 0 saturated carbocycles. The summed E-state index contributed by atoms with van der Waals surface area (Å²) in [6, 6.07) is 3.02. The van der Waals surface area contributed by atoms with Gasteiger partial charge in [-0.2, -0.15) is 5.10 Å². The van der Waals surface area contributed by atoms with E-state index in [0.29, 0.717) is 18.7 Å². The van der Waals surface area contributed by atoms with Crippen LogP contribution in [-0.4, -0.2) is 25.2 Å². The number of rotatable bonds is 6. The first-order valence-electron chi connectivity index (χ1n) is 8.46. The number of hydrogen-bond donors (Lipinski definition) is 0. The lowest BCUT2D eigenvalue weighted by Gasteiger charge is -2.36. The molecule has 0 amide bonds. The predicted molar refractivity (Wildman–Crippen MR) is 103 cm³/mol. The summed E-state index contributed by atoms with van der Waals surface area (Å²) < 4.78 is 27.1. The number of benzene rings is 1. The van der Waals surface area contributed by atoms with E-state index >= 15 is 0 Å². The highest BCUT2D eigenvalue weighted by Crippen LogP contribution is 2.37. The third-order valence-corrected chi connectivity index (χ3v) is 9.34. The Kier molecular flexibility index (Phi) is 5.89. The number of nitrogens with zero attached hydrogens (tertiary/aromatic N) is 3. The first-order valence-corrected chi connectivity index (χ1v) is 11.4. The molecule has 1 aromatic heterocycles. The maximum Gasteiger partial charge on any atom is 0.262 e. The van der Waals surface area contributed by atoms with Gasteiger partial charge in [0.25, 0.3) is 5.69 Å². The van der Waals surface area contributed by atoms with Crippen molar-refractivity contribution in [2.24, 2.45) is 0 Å². The van der Waals surface area contributed by atoms with Gasteiger partial charge in [-0.15, -0.1) is 0 Å². The summed E-state index contributed by atoms with van der Waals surface area (Å²) in [4.78, 5) is 3.18. The first kappa shape index (κ1) is 20.1. The third kappa shape index (κ3) is 4.51. The molecule has 2 rings (SSSR count). The zero-order chi connectivity index (χ0) is 19.5. The molecule has 1 aromatic carbocycles. The van der Waals surface area contributed by atoms with Gasteiger partial charge in [-0.1, -0.05) is 20.8 Å². The van der Waals surface area contributed by atoms with Crippen molar-refractivity contribution in [1.82, 2.24) is 9.78 Å². The number of halogens is 1. The minimum Gasteiger partial charge on any atom is -0.508 e. The summed E-state index contributed by atoms with van der Waals surface area (Å²) in [5.41, 5.74) is 1.58. The summed E-state index contributed by atoms with van der Waals surface area (Å²) in [6.07, 6.45) is 3.68. The molecule has 26 heavy (non-hydrogen) atoms. The van der Waals surface area contributed by atoms with Crippen LogP contribution < -0.4 is 4.74 Å². The van der Waals surface area contributed by atoms with Crippen LogP contribution >= 0.6 is 0 Å². The Balaban J connectivity index is 2.10. The molecule has 0 N–H and O–H groups in total. The van der Waals surface area contributed by atoms with E-state index < -0.39 is 14.1 Å². The second kappa shape index (κ2) is 7.60. The van der Waals surface area contributed by atoms with Gasteiger partial charge in [0.1, 0.15) is 11.6 Å². The average molecular weight is 376 g/mol. The van der Waals surface area contributed by atoms with Crippen molar-refractivity contribution >= 4 is 14.0 Å². The average Bonchev–Trinajstić information content (AvgIpc) is 2.99. The van der Waals surface area contributed by atoms with E-state index in [9.17, 15) is 4.39 Å². The zero-order valence-corrected chi connectivity index (χ0v) is 17.3. The summed E-state index contributed by atoms with van der Waals surface area (Å²) >= 11 is 0. The van der Waals surface area contributed by atoms with Gasteiger partial charge in [0.2, 0.25) is 0 Å². The van der Waals surface area contributed by atoms with E-state index in [4.69, 9.17) is 15.7 Å². The lowest BCUT2D eigenvalue weighted by atomic mass is 10.2. The monoisotopic (exact) mass is 375 g/mol. The van der Waals surface area contributed by atoms with E-state index in [-0.39, 0.29) is 16.5 Å². The van der Waals surface area contributed by atoms with Crippen LogP contribution in [0.2, 0.25) is 18.1 Å². The van der Waals surface area contributed by atoms with Gasteiger partial charge in [0, 0.05) is 11.8 Å². The largest absolute Gasteiger partial charge is 0.508 e. The summed E-state index contributed by atoms with van der Waals surface area (Å²) in [5.74, 6) is -0.341. The molecule has 0 aliphatic carbocycles. The Bertz CT molecular complexity index is 819. The molecule has 0 spiro atoms. The van der Waals surface area contributed by atoms with Crippen LogP contribution in [-0.2, 0) is 17.6 Å². The van der Waals surface area contributed by atoms with Crippen LogP contribution in [0, 0.1) is 12.4 Å². The highest BCUT2D eigenvalue weighted by atomic mass is 28.4. The normalized spacial score (nSPS) is 12.1. The van der Waals surface area contributed by atoms with Crippen molar-refractivity contribution in [3.8, 4) is 5.75 Å². The van der Waals surface area contributed by atoms with Crippen molar-refractivity contribution in [2.45, 2.75) is 52.1 Å². The van der Waals surface area contributed by atoms with Crippen LogP contribution in [0.15, 0.2) is 24.5 Å². The predicted octanol–water partition coefficient (Wildman–Crippen LogP) is 5.15. The Morgan fingerprint density at radius 2 is 1.96 bits per heavy atom. The van der Waals surface area contributed by atoms with E-state index in [2.05, 4.69) is 43.8 Å². The van der Waals surface area contributed by atoms with Crippen LogP contribution in [0.25, 0.3) is 4.85 Å². The quantitative estimate of drug-likeness (QED) is 0.518. The van der Waals surface area contributed by atoms with Gasteiger partial charge in [0.05, 0.1) is 33.0 Å². The van der Waals surface area contributed by atoms with Crippen LogP contribution in [0.3, 0.4) is 0 Å². The minimum atomic E-state index is -1.81. The van der Waals surface area contributed by atoms with Gasteiger partial charge >= 0.3 is 0 Å². The zero-order valence-electron chi connectivity index (χ0n) is 16.3. The van der Waals surface area contributed by atoms with Crippen LogP contribution in [0.4, 0.5) is 10.1 Å². The smallest absolute Gasteiger partial charge is 0.262 e. The Morgan fingerprint density at radius 1 is 1.27 bits per heavy atom. The molecule has 0 radical (unpaired) electrons. The number of ether oxygens (including phenoxy) is 1. The van der Waals surface area contributed by atoms with Gasteiger partial charge in [-0.25, -0.2) is 9.24 Å². The molecule has 140 valence electrons. The fraction of sp³-hybridized carbons (Fsp3) is 0.474. The maximum absolute atomic E-state index is 14.0. The highest BCUT2D eigenvalue weighted by molar-refractivity contribution is 6.74. The highest BCUT2D eigenvalue weighted by Gasteiger charge is 2.37. The second-order valence-corrected chi connectivity index (χ2v) is 12.6. The number of hydrogen-bond acceptors (Lipinski definition) is 3. The molecular weight excluding hydrogens is 349 g/mol. The molecule has 5 nitrogen and oxygen atoms in total. The van der Waals surface area contributed by atoms with Gasteiger partial charge in [-0.05, 0) is 35.8 Å². The fourth-order valence-corrected chi connectivity index (χ4v) is 3.18. The lowest BCUT2D eigenvalue weighted by molar-refractivity contribution is 0.276. The lowest BCUT2D eigenvalue weighted by Crippen LogP contribution is -2.40. The first-order chi connectivity index (χ1) is 12.1.